The number of nitrogens with zero attached hydrogens (tertiary/aromatic N) is 1. The van der Waals surface area contributed by atoms with Crippen molar-refractivity contribution in [3.05, 3.63) is 54.1 Å². The third-order valence-corrected chi connectivity index (χ3v) is 5.66. The van der Waals surface area contributed by atoms with Crippen molar-refractivity contribution in [3.63, 3.8) is 0 Å². The van der Waals surface area contributed by atoms with E-state index in [4.69, 9.17) is 5.73 Å². The number of H-pyrrole nitrogens is 1. The molecule has 0 radical (unpaired) electrons. The van der Waals surface area contributed by atoms with Gasteiger partial charge in [0.05, 0.1) is 12.4 Å². The molecule has 4 atom stereocenters. The molecule has 3 amide bonds. The van der Waals surface area contributed by atoms with Crippen molar-refractivity contribution < 1.29 is 24.3 Å². The van der Waals surface area contributed by atoms with Crippen molar-refractivity contribution in [1.29, 1.82) is 0 Å². The first kappa shape index (κ1) is 27.9. The molecule has 35 heavy (non-hydrogen) atoms. The van der Waals surface area contributed by atoms with E-state index < -0.39 is 47.9 Å². The van der Waals surface area contributed by atoms with E-state index in [1.807, 2.05) is 0 Å². The molecule has 0 saturated carbocycles. The zero-order valence-electron chi connectivity index (χ0n) is 19.6. The summed E-state index contributed by atoms with van der Waals surface area (Å²) in [6, 6.07) is 4.68. The molecule has 4 unspecified atom stereocenters. The fraction of sp³-hybridized carbons (Fsp3) is 0.435. The maximum absolute atomic E-state index is 12.9. The van der Waals surface area contributed by atoms with Gasteiger partial charge in [0, 0.05) is 30.5 Å². The minimum absolute atomic E-state index is 0.0760. The van der Waals surface area contributed by atoms with Gasteiger partial charge in [0.2, 0.25) is 17.7 Å². The number of carbonyl (C=O) groups is 4. The summed E-state index contributed by atoms with van der Waals surface area (Å²) < 4.78 is 0. The molecule has 0 aliphatic heterocycles. The molecule has 2 rings (SSSR count). The Morgan fingerprint density at radius 1 is 1.00 bits per heavy atom. The number of carboxylic acid groups (broad SMARTS) is 1. The van der Waals surface area contributed by atoms with Gasteiger partial charge in [-0.1, -0.05) is 44.2 Å². The number of benzene rings is 1. The fourth-order valence-electron chi connectivity index (χ4n) is 3.30. The van der Waals surface area contributed by atoms with Gasteiger partial charge in [-0.2, -0.15) is 12.6 Å². The molecule has 0 saturated heterocycles. The van der Waals surface area contributed by atoms with Gasteiger partial charge in [0.15, 0.2) is 0 Å². The number of nitrogens with two attached hydrogens (primary N) is 1. The van der Waals surface area contributed by atoms with E-state index >= 15 is 0 Å². The second kappa shape index (κ2) is 13.5. The Morgan fingerprint density at radius 2 is 1.66 bits per heavy atom. The number of aliphatic carboxylic acids is 1. The molecule has 0 fully saturated rings. The van der Waals surface area contributed by atoms with Crippen LogP contribution in [-0.4, -0.2) is 68.7 Å². The van der Waals surface area contributed by atoms with Gasteiger partial charge >= 0.3 is 5.97 Å². The zero-order chi connectivity index (χ0) is 26.0. The van der Waals surface area contributed by atoms with E-state index in [0.29, 0.717) is 5.69 Å². The van der Waals surface area contributed by atoms with Crippen LogP contribution in [0, 0.1) is 5.92 Å². The van der Waals surface area contributed by atoms with Crippen molar-refractivity contribution >= 4 is 36.3 Å². The summed E-state index contributed by atoms with van der Waals surface area (Å²) in [7, 11) is 0. The molecule has 1 aromatic carbocycles. The maximum atomic E-state index is 12.9. The highest BCUT2D eigenvalue weighted by atomic mass is 32.1. The van der Waals surface area contributed by atoms with Crippen molar-refractivity contribution in [2.45, 2.75) is 50.9 Å². The molecule has 1 heterocycles. The van der Waals surface area contributed by atoms with Crippen LogP contribution >= 0.6 is 12.6 Å². The molecule has 12 heteroatoms. The monoisotopic (exact) mass is 504 g/mol. The number of carboxylic acids is 1. The average Bonchev–Trinajstić information content (AvgIpc) is 3.33. The topological polar surface area (TPSA) is 179 Å². The number of hydrogen-bond donors (Lipinski definition) is 7. The van der Waals surface area contributed by atoms with Crippen molar-refractivity contribution in [1.82, 2.24) is 25.9 Å². The Bertz CT molecular complexity index is 986. The smallest absolute Gasteiger partial charge is 0.326 e. The molecule has 0 spiro atoms. The summed E-state index contributed by atoms with van der Waals surface area (Å²) in [5.41, 5.74) is 7.37. The van der Waals surface area contributed by atoms with Crippen LogP contribution in [0.4, 0.5) is 0 Å². The lowest BCUT2D eigenvalue weighted by atomic mass is 10.0. The van der Waals surface area contributed by atoms with Crippen molar-refractivity contribution in [3.8, 4) is 0 Å². The van der Waals surface area contributed by atoms with Gasteiger partial charge in [0.1, 0.15) is 18.1 Å². The minimum atomic E-state index is -1.20. The summed E-state index contributed by atoms with van der Waals surface area (Å²) >= 11 is 4.14. The van der Waals surface area contributed by atoms with Crippen LogP contribution < -0.4 is 21.7 Å². The van der Waals surface area contributed by atoms with Gasteiger partial charge in [-0.15, -0.1) is 0 Å². The quantitative estimate of drug-likeness (QED) is 0.182. The highest BCUT2D eigenvalue weighted by Crippen LogP contribution is 2.07. The molecule has 7 N–H and O–H groups in total. The van der Waals surface area contributed by atoms with Crippen LogP contribution in [0.15, 0.2) is 42.9 Å². The molecule has 11 nitrogen and oxygen atoms in total. The first-order valence-electron chi connectivity index (χ1n) is 11.1. The number of carbonyl (C=O) groups excluding carboxylic acids is 3. The van der Waals surface area contributed by atoms with Crippen LogP contribution in [0.1, 0.15) is 25.1 Å². The summed E-state index contributed by atoms with van der Waals surface area (Å²) in [6.45, 7) is 3.47. The Morgan fingerprint density at radius 3 is 2.20 bits per heavy atom. The molecule has 0 aliphatic rings. The third kappa shape index (κ3) is 8.72. The molecular formula is C23H32N6O5S. The maximum Gasteiger partial charge on any atom is 0.326 e. The molecule has 2 aromatic rings. The largest absolute Gasteiger partial charge is 0.480 e. The third-order valence-electron chi connectivity index (χ3n) is 5.29. The Kier molecular flexibility index (Phi) is 10.7. The number of aromatic nitrogens is 2. The lowest BCUT2D eigenvalue weighted by molar-refractivity contribution is -0.142. The van der Waals surface area contributed by atoms with E-state index in [2.05, 4.69) is 38.5 Å². The fourth-order valence-corrected chi connectivity index (χ4v) is 3.56. The standard InChI is InChI=1S/C23H32N6O5S/c1-13(2)19(29-20(30)16(24)9-15-10-25-12-26-15)22(32)28-18(11-35)21(31)27-17(23(33)34)8-14-6-4-3-5-7-14/h3-7,10,12-13,16-19,35H,8-9,11,24H2,1-2H3,(H,25,26)(H,27,31)(H,28,32)(H,29,30)(H,33,34). The number of aromatic amines is 1. The predicted molar refractivity (Wildman–Crippen MR) is 133 cm³/mol. The number of hydrogen-bond acceptors (Lipinski definition) is 7. The molecular weight excluding hydrogens is 472 g/mol. The lowest BCUT2D eigenvalue weighted by Gasteiger charge is -2.26. The summed E-state index contributed by atoms with van der Waals surface area (Å²) in [4.78, 5) is 56.7. The normalized spacial score (nSPS) is 14.4. The van der Waals surface area contributed by atoms with Crippen LogP contribution in [0.3, 0.4) is 0 Å². The zero-order valence-corrected chi connectivity index (χ0v) is 20.5. The number of imidazole rings is 1. The number of amides is 3. The number of nitrogens with one attached hydrogen (secondary N) is 4. The first-order valence-corrected chi connectivity index (χ1v) is 11.8. The Hall–Kier alpha value is -3.38. The van der Waals surface area contributed by atoms with E-state index in [1.54, 1.807) is 50.4 Å². The second-order valence-corrected chi connectivity index (χ2v) is 8.82. The van der Waals surface area contributed by atoms with E-state index in [1.165, 1.54) is 6.33 Å². The summed E-state index contributed by atoms with van der Waals surface area (Å²) in [5, 5.41) is 17.2. The minimum Gasteiger partial charge on any atom is -0.480 e. The first-order chi connectivity index (χ1) is 16.6. The summed E-state index contributed by atoms with van der Waals surface area (Å²) in [6.07, 6.45) is 3.31. The molecule has 1 aromatic heterocycles. The average molecular weight is 505 g/mol. The van der Waals surface area contributed by atoms with Crippen molar-refractivity contribution in [2.24, 2.45) is 11.7 Å². The highest BCUT2D eigenvalue weighted by Gasteiger charge is 2.31. The van der Waals surface area contributed by atoms with Gasteiger partial charge < -0.3 is 31.8 Å². The molecule has 0 aliphatic carbocycles. The number of rotatable bonds is 13. The highest BCUT2D eigenvalue weighted by molar-refractivity contribution is 7.80. The van der Waals surface area contributed by atoms with Gasteiger partial charge in [-0.25, -0.2) is 9.78 Å². The van der Waals surface area contributed by atoms with Gasteiger partial charge in [-0.3, -0.25) is 14.4 Å². The van der Waals surface area contributed by atoms with Crippen molar-refractivity contribution in [2.75, 3.05) is 5.75 Å². The van der Waals surface area contributed by atoms with E-state index in [0.717, 1.165) is 5.56 Å². The van der Waals surface area contributed by atoms with Crippen LogP contribution in [0.25, 0.3) is 0 Å². The predicted octanol–water partition coefficient (Wildman–Crippen LogP) is -0.353. The van der Waals surface area contributed by atoms with Crippen LogP contribution in [0.5, 0.6) is 0 Å². The SMILES string of the molecule is CC(C)C(NC(=O)C(N)Cc1cnc[nH]1)C(=O)NC(CS)C(=O)NC(Cc1ccccc1)C(=O)O. The molecule has 0 bridgehead atoms. The van der Waals surface area contributed by atoms with Gasteiger partial charge in [0.25, 0.3) is 0 Å². The van der Waals surface area contributed by atoms with Crippen LogP contribution in [-0.2, 0) is 32.0 Å². The second-order valence-electron chi connectivity index (χ2n) is 8.45. The van der Waals surface area contributed by atoms with Crippen LogP contribution in [0.2, 0.25) is 0 Å². The Balaban J connectivity index is 2.00. The number of thiol groups is 1. The van der Waals surface area contributed by atoms with E-state index in [9.17, 15) is 24.3 Å². The Labute approximate surface area is 209 Å². The lowest BCUT2D eigenvalue weighted by Crippen LogP contribution is -2.59. The molecule has 190 valence electrons. The van der Waals surface area contributed by atoms with Gasteiger partial charge in [-0.05, 0) is 11.5 Å². The van der Waals surface area contributed by atoms with E-state index in [-0.39, 0.29) is 24.5 Å². The summed E-state index contributed by atoms with van der Waals surface area (Å²) in [5.74, 6) is -3.42.